The molecule has 2 aromatic rings. The summed E-state index contributed by atoms with van der Waals surface area (Å²) in [5.41, 5.74) is -7.07. The van der Waals surface area contributed by atoms with Crippen LogP contribution in [0, 0.1) is 0 Å². The Labute approximate surface area is 165 Å². The van der Waals surface area contributed by atoms with Crippen molar-refractivity contribution in [3.05, 3.63) is 58.7 Å². The van der Waals surface area contributed by atoms with E-state index in [-0.39, 0.29) is 36.4 Å². The van der Waals surface area contributed by atoms with Gasteiger partial charge in [-0.2, -0.15) is 52.7 Å². The van der Waals surface area contributed by atoms with E-state index in [1.807, 2.05) is 0 Å². The Balaban J connectivity index is 2.29. The second-order valence-corrected chi connectivity index (χ2v) is 5.82. The second kappa shape index (κ2) is 8.07. The SMILES string of the molecule is FC(F)(F)c1ccc(OBOc2ccc(C(F)(F)F)cc2C(F)(F)F)c(C(F)(F)F)c1. The predicted octanol–water partition coefficient (Wildman–Crippen LogP) is 6.49. The van der Waals surface area contributed by atoms with Crippen molar-refractivity contribution in [3.63, 3.8) is 0 Å². The van der Waals surface area contributed by atoms with Crippen LogP contribution in [0.2, 0.25) is 0 Å². The van der Waals surface area contributed by atoms with Crippen LogP contribution in [0.25, 0.3) is 0 Å². The molecule has 15 heteroatoms. The van der Waals surface area contributed by atoms with Crippen LogP contribution in [0.3, 0.4) is 0 Å². The fourth-order valence-corrected chi connectivity index (χ4v) is 2.26. The zero-order valence-electron chi connectivity index (χ0n) is 14.5. The average Bonchev–Trinajstić information content (AvgIpc) is 2.58. The van der Waals surface area contributed by atoms with E-state index in [2.05, 4.69) is 9.31 Å². The molecule has 0 saturated carbocycles. The quantitative estimate of drug-likeness (QED) is 0.376. The summed E-state index contributed by atoms with van der Waals surface area (Å²) in [5, 5.41) is 0. The van der Waals surface area contributed by atoms with Crippen molar-refractivity contribution in [2.45, 2.75) is 24.7 Å². The van der Waals surface area contributed by atoms with Gasteiger partial charge in [-0.1, -0.05) is 0 Å². The maximum absolute atomic E-state index is 13.0. The topological polar surface area (TPSA) is 18.5 Å². The minimum Gasteiger partial charge on any atom is -0.528 e. The molecule has 0 radical (unpaired) electrons. The van der Waals surface area contributed by atoms with Gasteiger partial charge in [-0.05, 0) is 36.4 Å². The largest absolute Gasteiger partial charge is 0.576 e. The van der Waals surface area contributed by atoms with E-state index in [9.17, 15) is 52.7 Å². The first-order valence-corrected chi connectivity index (χ1v) is 7.73. The van der Waals surface area contributed by atoms with Crippen LogP contribution >= 0.6 is 0 Å². The molecule has 0 aliphatic heterocycles. The second-order valence-electron chi connectivity index (χ2n) is 5.82. The molecular weight excluding hydrogens is 463 g/mol. The van der Waals surface area contributed by atoms with Gasteiger partial charge >= 0.3 is 32.4 Å². The van der Waals surface area contributed by atoms with E-state index in [4.69, 9.17) is 0 Å². The van der Waals surface area contributed by atoms with Crippen LogP contribution in [0.5, 0.6) is 11.5 Å². The summed E-state index contributed by atoms with van der Waals surface area (Å²) in [5.74, 6) is -2.39. The van der Waals surface area contributed by atoms with E-state index >= 15 is 0 Å². The van der Waals surface area contributed by atoms with Gasteiger partial charge in [0.2, 0.25) is 0 Å². The molecule has 0 aliphatic carbocycles. The summed E-state index contributed by atoms with van der Waals surface area (Å²) in [6.45, 7) is 0. The molecule has 170 valence electrons. The molecule has 0 atom stereocenters. The molecular formula is C16H7BF12O2. The fraction of sp³-hybridized carbons (Fsp3) is 0.250. The Hall–Kier alpha value is -2.74. The minimum absolute atomic E-state index is 0.240. The van der Waals surface area contributed by atoms with Gasteiger partial charge in [0.25, 0.3) is 0 Å². The highest BCUT2D eigenvalue weighted by atomic mass is 19.4. The number of benzene rings is 2. The van der Waals surface area contributed by atoms with E-state index in [0.717, 1.165) is 0 Å². The highest BCUT2D eigenvalue weighted by Crippen LogP contribution is 2.42. The smallest absolute Gasteiger partial charge is 0.528 e. The third-order valence-corrected chi connectivity index (χ3v) is 3.65. The highest BCUT2D eigenvalue weighted by molar-refractivity contribution is 6.20. The lowest BCUT2D eigenvalue weighted by Gasteiger charge is -2.18. The van der Waals surface area contributed by atoms with Crippen LogP contribution in [0.15, 0.2) is 36.4 Å². The Bertz CT molecular complexity index is 853. The number of halogens is 12. The Kier molecular flexibility index (Phi) is 6.39. The van der Waals surface area contributed by atoms with Gasteiger partial charge in [-0.25, -0.2) is 0 Å². The molecule has 0 aromatic heterocycles. The van der Waals surface area contributed by atoms with Gasteiger partial charge in [0.15, 0.2) is 0 Å². The lowest BCUT2D eigenvalue weighted by Crippen LogP contribution is -2.19. The molecule has 31 heavy (non-hydrogen) atoms. The first-order valence-electron chi connectivity index (χ1n) is 7.73. The maximum Gasteiger partial charge on any atom is 0.576 e. The summed E-state index contributed by atoms with van der Waals surface area (Å²) in [4.78, 5) is 0. The van der Waals surface area contributed by atoms with Crippen molar-refractivity contribution in [2.75, 3.05) is 0 Å². The maximum atomic E-state index is 13.0. The van der Waals surface area contributed by atoms with E-state index in [1.165, 1.54) is 0 Å². The van der Waals surface area contributed by atoms with E-state index in [0.29, 0.717) is 0 Å². The van der Waals surface area contributed by atoms with Crippen LogP contribution in [0.1, 0.15) is 22.3 Å². The lowest BCUT2D eigenvalue weighted by atomic mass is 10.1. The number of alkyl halides is 12. The highest BCUT2D eigenvalue weighted by Gasteiger charge is 2.40. The number of rotatable bonds is 4. The van der Waals surface area contributed by atoms with Crippen molar-refractivity contribution in [1.82, 2.24) is 0 Å². The summed E-state index contributed by atoms with van der Waals surface area (Å²) in [6, 6.07) is 0.510. The zero-order chi connectivity index (χ0) is 23.8. The third-order valence-electron chi connectivity index (χ3n) is 3.65. The molecule has 0 bridgehead atoms. The molecule has 0 N–H and O–H groups in total. The van der Waals surface area contributed by atoms with Gasteiger partial charge in [-0.15, -0.1) is 0 Å². The monoisotopic (exact) mass is 470 g/mol. The Morgan fingerprint density at radius 1 is 0.484 bits per heavy atom. The molecule has 0 fully saturated rings. The van der Waals surface area contributed by atoms with Crippen LogP contribution < -0.4 is 9.31 Å². The van der Waals surface area contributed by atoms with Gasteiger partial charge < -0.3 is 9.31 Å². The van der Waals surface area contributed by atoms with Gasteiger partial charge in [0, 0.05) is 0 Å². The van der Waals surface area contributed by atoms with E-state index in [1.54, 1.807) is 0 Å². The van der Waals surface area contributed by atoms with Gasteiger partial charge in [0.05, 0.1) is 22.3 Å². The molecule has 0 amide bonds. The van der Waals surface area contributed by atoms with E-state index < -0.39 is 66.1 Å². The molecule has 2 aromatic carbocycles. The van der Waals surface area contributed by atoms with Crippen molar-refractivity contribution < 1.29 is 62.0 Å². The molecule has 2 rings (SSSR count). The summed E-state index contributed by atoms with van der Waals surface area (Å²) in [6.07, 6.45) is -20.9. The average molecular weight is 470 g/mol. The zero-order valence-corrected chi connectivity index (χ0v) is 14.5. The molecule has 2 nitrogen and oxygen atoms in total. The van der Waals surface area contributed by atoms with Crippen LogP contribution in [-0.2, 0) is 24.7 Å². The van der Waals surface area contributed by atoms with Gasteiger partial charge in [0.1, 0.15) is 11.5 Å². The molecule has 0 spiro atoms. The standard InChI is InChI=1S/C16H7BF12O2/c18-13(19,20)7-1-3-11(9(5-7)15(24,25)26)30-17-31-12-4-2-8(14(21,22)23)6-10(12)16(27,28)29/h1-6,17H. The summed E-state index contributed by atoms with van der Waals surface area (Å²) in [7, 11) is -1.37. The number of hydrogen-bond acceptors (Lipinski definition) is 2. The Morgan fingerprint density at radius 3 is 1.06 bits per heavy atom. The van der Waals surface area contributed by atoms with Crippen LogP contribution in [-0.4, -0.2) is 7.69 Å². The normalized spacial score (nSPS) is 13.2. The van der Waals surface area contributed by atoms with Crippen molar-refractivity contribution in [3.8, 4) is 11.5 Å². The Morgan fingerprint density at radius 2 is 0.806 bits per heavy atom. The molecule has 0 aliphatic rings. The lowest BCUT2D eigenvalue weighted by molar-refractivity contribution is -0.145. The fourth-order valence-electron chi connectivity index (χ4n) is 2.26. The summed E-state index contributed by atoms with van der Waals surface area (Å²) < 4.78 is 163. The minimum atomic E-state index is -5.32. The summed E-state index contributed by atoms with van der Waals surface area (Å²) >= 11 is 0. The third kappa shape index (κ3) is 6.13. The molecule has 0 saturated heterocycles. The van der Waals surface area contributed by atoms with Crippen LogP contribution in [0.4, 0.5) is 52.7 Å². The first kappa shape index (κ1) is 24.5. The molecule has 0 unspecified atom stereocenters. The van der Waals surface area contributed by atoms with Gasteiger partial charge in [-0.3, -0.25) is 0 Å². The molecule has 0 heterocycles. The first-order chi connectivity index (χ1) is 13.9. The number of hydrogen-bond donors (Lipinski definition) is 0. The predicted molar refractivity (Wildman–Crippen MR) is 81.3 cm³/mol. The van der Waals surface area contributed by atoms with Crippen molar-refractivity contribution >= 4 is 7.69 Å². The van der Waals surface area contributed by atoms with Crippen molar-refractivity contribution in [1.29, 1.82) is 0 Å². The van der Waals surface area contributed by atoms with Crippen molar-refractivity contribution in [2.24, 2.45) is 0 Å².